The van der Waals surface area contributed by atoms with E-state index in [0.717, 1.165) is 5.57 Å². The van der Waals surface area contributed by atoms with Gasteiger partial charge in [0.2, 0.25) is 5.91 Å². The third-order valence-corrected chi connectivity index (χ3v) is 2.43. The number of halogens is 1. The van der Waals surface area contributed by atoms with E-state index in [1.54, 1.807) is 11.9 Å². The van der Waals surface area contributed by atoms with Crippen LogP contribution in [0.25, 0.3) is 0 Å². The van der Waals surface area contributed by atoms with Crippen LogP contribution in [0, 0.1) is 5.41 Å². The molecule has 0 saturated carbocycles. The van der Waals surface area contributed by atoms with E-state index >= 15 is 0 Å². The molecular weight excluding hydrogens is 186 g/mol. The molecule has 0 aliphatic heterocycles. The molecule has 76 valence electrons. The summed E-state index contributed by atoms with van der Waals surface area (Å²) < 4.78 is 0. The van der Waals surface area contributed by atoms with Crippen LogP contribution in [0.5, 0.6) is 0 Å². The van der Waals surface area contributed by atoms with Crippen LogP contribution in [0.1, 0.15) is 20.8 Å². The Morgan fingerprint density at radius 3 is 2.31 bits per heavy atom. The van der Waals surface area contributed by atoms with Gasteiger partial charge in [-0.1, -0.05) is 12.2 Å². The largest absolute Gasteiger partial charge is 0.341 e. The van der Waals surface area contributed by atoms with Gasteiger partial charge in [0.15, 0.2) is 0 Å². The lowest BCUT2D eigenvalue weighted by atomic mass is 9.94. The molecule has 13 heavy (non-hydrogen) atoms. The number of carbonyl (C=O) groups is 1. The summed E-state index contributed by atoms with van der Waals surface area (Å²) in [7, 11) is 1.77. The summed E-state index contributed by atoms with van der Waals surface area (Å²) in [5, 5.41) is 0. The maximum Gasteiger partial charge on any atom is 0.229 e. The SMILES string of the molecule is C=C(C)CN(C)C(=O)C(C)(C)CCl. The first kappa shape index (κ1) is 12.5. The summed E-state index contributed by atoms with van der Waals surface area (Å²) in [6.07, 6.45) is 0. The van der Waals surface area contributed by atoms with Gasteiger partial charge in [0.25, 0.3) is 0 Å². The van der Waals surface area contributed by atoms with Gasteiger partial charge in [0.1, 0.15) is 0 Å². The average molecular weight is 204 g/mol. The summed E-state index contributed by atoms with van der Waals surface area (Å²) in [6.45, 7) is 9.94. The Morgan fingerprint density at radius 1 is 1.54 bits per heavy atom. The lowest BCUT2D eigenvalue weighted by molar-refractivity contribution is -0.137. The maximum atomic E-state index is 11.7. The minimum absolute atomic E-state index is 0.0606. The Morgan fingerprint density at radius 2 is 2.00 bits per heavy atom. The highest BCUT2D eigenvalue weighted by atomic mass is 35.5. The molecule has 0 heterocycles. The van der Waals surface area contributed by atoms with Crippen LogP contribution >= 0.6 is 11.6 Å². The molecule has 0 aliphatic carbocycles. The molecule has 0 saturated heterocycles. The van der Waals surface area contributed by atoms with Gasteiger partial charge in [-0.3, -0.25) is 4.79 Å². The highest BCUT2D eigenvalue weighted by molar-refractivity contribution is 6.19. The normalized spacial score (nSPS) is 11.2. The summed E-state index contributed by atoms with van der Waals surface area (Å²) in [5.74, 6) is 0.400. The van der Waals surface area contributed by atoms with Crippen molar-refractivity contribution < 1.29 is 4.79 Å². The van der Waals surface area contributed by atoms with Gasteiger partial charge >= 0.3 is 0 Å². The van der Waals surface area contributed by atoms with Crippen LogP contribution in [0.2, 0.25) is 0 Å². The molecule has 0 atom stereocenters. The van der Waals surface area contributed by atoms with E-state index in [2.05, 4.69) is 6.58 Å². The number of likely N-dealkylation sites (N-methyl/N-ethyl adjacent to an activating group) is 1. The Balaban J connectivity index is 4.34. The van der Waals surface area contributed by atoms with Gasteiger partial charge in [0, 0.05) is 19.5 Å². The number of hydrogen-bond acceptors (Lipinski definition) is 1. The molecule has 1 amide bonds. The van der Waals surface area contributed by atoms with Crippen LogP contribution in [0.3, 0.4) is 0 Å². The van der Waals surface area contributed by atoms with E-state index in [1.807, 2.05) is 20.8 Å². The molecule has 2 nitrogen and oxygen atoms in total. The molecule has 0 aromatic rings. The molecule has 0 spiro atoms. The molecule has 3 heteroatoms. The quantitative estimate of drug-likeness (QED) is 0.507. The third-order valence-electron chi connectivity index (χ3n) is 1.77. The Hall–Kier alpha value is -0.500. The third kappa shape index (κ3) is 3.81. The van der Waals surface area contributed by atoms with Crippen molar-refractivity contribution in [2.75, 3.05) is 19.5 Å². The van der Waals surface area contributed by atoms with E-state index in [9.17, 15) is 4.79 Å². The van der Waals surface area contributed by atoms with Gasteiger partial charge in [-0.2, -0.15) is 0 Å². The lowest BCUT2D eigenvalue weighted by Gasteiger charge is -2.27. The first-order chi connectivity index (χ1) is 5.81. The average Bonchev–Trinajstić information content (AvgIpc) is 2.01. The van der Waals surface area contributed by atoms with Crippen LogP contribution in [-0.4, -0.2) is 30.3 Å². The minimum Gasteiger partial charge on any atom is -0.341 e. The highest BCUT2D eigenvalue weighted by Gasteiger charge is 2.29. The first-order valence-electron chi connectivity index (χ1n) is 4.27. The van der Waals surface area contributed by atoms with E-state index in [-0.39, 0.29) is 5.91 Å². The monoisotopic (exact) mass is 203 g/mol. The second-order valence-electron chi connectivity index (χ2n) is 4.14. The molecular formula is C10H18ClNO. The van der Waals surface area contributed by atoms with Crippen LogP contribution in [-0.2, 0) is 4.79 Å². The topological polar surface area (TPSA) is 20.3 Å². The van der Waals surface area contributed by atoms with E-state index in [0.29, 0.717) is 12.4 Å². The number of alkyl halides is 1. The van der Waals surface area contributed by atoms with Crippen LogP contribution in [0.15, 0.2) is 12.2 Å². The van der Waals surface area contributed by atoms with Gasteiger partial charge < -0.3 is 4.90 Å². The molecule has 0 bridgehead atoms. The molecule has 0 rings (SSSR count). The Bertz CT molecular complexity index is 211. The fourth-order valence-electron chi connectivity index (χ4n) is 1.05. The second kappa shape index (κ2) is 4.66. The summed E-state index contributed by atoms with van der Waals surface area (Å²) in [4.78, 5) is 13.4. The number of hydrogen-bond donors (Lipinski definition) is 0. The highest BCUT2D eigenvalue weighted by Crippen LogP contribution is 2.20. The summed E-state index contributed by atoms with van der Waals surface area (Å²) in [5.41, 5.74) is 0.493. The lowest BCUT2D eigenvalue weighted by Crippen LogP contribution is -2.40. The zero-order chi connectivity index (χ0) is 10.6. The fraction of sp³-hybridized carbons (Fsp3) is 0.700. The molecule has 0 aliphatic rings. The zero-order valence-electron chi connectivity index (χ0n) is 8.85. The first-order valence-corrected chi connectivity index (χ1v) is 4.80. The number of rotatable bonds is 4. The van der Waals surface area contributed by atoms with E-state index in [4.69, 9.17) is 11.6 Å². The fourth-order valence-corrected chi connectivity index (χ4v) is 1.16. The van der Waals surface area contributed by atoms with E-state index < -0.39 is 5.41 Å². The molecule has 0 N–H and O–H groups in total. The Labute approximate surface area is 85.6 Å². The van der Waals surface area contributed by atoms with Crippen molar-refractivity contribution in [1.29, 1.82) is 0 Å². The molecule has 0 aromatic heterocycles. The van der Waals surface area contributed by atoms with Crippen molar-refractivity contribution >= 4 is 17.5 Å². The van der Waals surface area contributed by atoms with Gasteiger partial charge in [0.05, 0.1) is 5.41 Å². The second-order valence-corrected chi connectivity index (χ2v) is 4.40. The van der Waals surface area contributed by atoms with Crippen molar-refractivity contribution in [3.05, 3.63) is 12.2 Å². The Kier molecular flexibility index (Phi) is 4.48. The molecule has 0 unspecified atom stereocenters. The van der Waals surface area contributed by atoms with E-state index in [1.165, 1.54) is 0 Å². The standard InChI is InChI=1S/C10H18ClNO/c1-8(2)6-12(5)9(13)10(3,4)7-11/h1,6-7H2,2-5H3. The smallest absolute Gasteiger partial charge is 0.229 e. The van der Waals surface area contributed by atoms with Crippen LogP contribution in [0.4, 0.5) is 0 Å². The predicted octanol–water partition coefficient (Wildman–Crippen LogP) is 2.29. The van der Waals surface area contributed by atoms with Crippen LogP contribution < -0.4 is 0 Å². The number of carbonyl (C=O) groups excluding carboxylic acids is 1. The number of amides is 1. The zero-order valence-corrected chi connectivity index (χ0v) is 9.61. The van der Waals surface area contributed by atoms with Crippen molar-refractivity contribution in [1.82, 2.24) is 4.90 Å². The number of nitrogens with zero attached hydrogens (tertiary/aromatic N) is 1. The van der Waals surface area contributed by atoms with Gasteiger partial charge in [-0.05, 0) is 20.8 Å². The van der Waals surface area contributed by atoms with Crippen molar-refractivity contribution in [2.45, 2.75) is 20.8 Å². The summed E-state index contributed by atoms with van der Waals surface area (Å²) >= 11 is 5.70. The van der Waals surface area contributed by atoms with Gasteiger partial charge in [-0.15, -0.1) is 11.6 Å². The minimum atomic E-state index is -0.480. The van der Waals surface area contributed by atoms with Crippen molar-refractivity contribution in [2.24, 2.45) is 5.41 Å². The van der Waals surface area contributed by atoms with Crippen molar-refractivity contribution in [3.8, 4) is 0 Å². The predicted molar refractivity (Wildman–Crippen MR) is 57.0 cm³/mol. The van der Waals surface area contributed by atoms with Crippen molar-refractivity contribution in [3.63, 3.8) is 0 Å². The molecule has 0 aromatic carbocycles. The molecule has 0 radical (unpaired) electrons. The molecule has 0 fully saturated rings. The maximum absolute atomic E-state index is 11.7. The summed E-state index contributed by atoms with van der Waals surface area (Å²) in [6, 6.07) is 0. The van der Waals surface area contributed by atoms with Gasteiger partial charge in [-0.25, -0.2) is 0 Å².